The van der Waals surface area contributed by atoms with Gasteiger partial charge in [0.2, 0.25) is 0 Å². The van der Waals surface area contributed by atoms with Crippen molar-refractivity contribution >= 4 is 0 Å². The van der Waals surface area contributed by atoms with Crippen LogP contribution in [0, 0.1) is 11.3 Å². The van der Waals surface area contributed by atoms with Gasteiger partial charge in [-0.15, -0.1) is 0 Å². The molecule has 0 heteroatoms. The summed E-state index contributed by atoms with van der Waals surface area (Å²) in [4.78, 5) is 0. The van der Waals surface area contributed by atoms with E-state index in [9.17, 15) is 0 Å². The average Bonchev–Trinajstić information content (AvgIpc) is 1.64. The van der Waals surface area contributed by atoms with Crippen molar-refractivity contribution in [3.05, 3.63) is 0 Å². The fourth-order valence-corrected chi connectivity index (χ4v) is 0.866. The largest absolute Gasteiger partial charge is 0.0776 e. The predicted molar refractivity (Wildman–Crippen MR) is 50.3 cm³/mol. The monoisotopic (exact) mass is 144 g/mol. The molecule has 0 radical (unpaired) electrons. The zero-order chi connectivity index (χ0) is 7.49. The maximum Gasteiger partial charge on any atom is -0.0357 e. The van der Waals surface area contributed by atoms with Crippen molar-refractivity contribution in [3.8, 4) is 0 Å². The molecule has 0 saturated heterocycles. The van der Waals surface area contributed by atoms with Gasteiger partial charge >= 0.3 is 0 Å². The van der Waals surface area contributed by atoms with Gasteiger partial charge in [-0.3, -0.25) is 0 Å². The summed E-state index contributed by atoms with van der Waals surface area (Å²) in [5, 5.41) is 0. The molecule has 0 saturated carbocycles. The van der Waals surface area contributed by atoms with Crippen molar-refractivity contribution in [1.82, 2.24) is 0 Å². The molecule has 1 unspecified atom stereocenters. The molecule has 0 nitrogen and oxygen atoms in total. The molecule has 0 aromatic heterocycles. The highest BCUT2D eigenvalue weighted by molar-refractivity contribution is 4.68. The minimum atomic E-state index is 0. The summed E-state index contributed by atoms with van der Waals surface area (Å²) in [7, 11) is 0. The molecule has 0 aliphatic carbocycles. The van der Waals surface area contributed by atoms with Crippen molar-refractivity contribution in [2.75, 3.05) is 0 Å². The Morgan fingerprint density at radius 3 is 1.70 bits per heavy atom. The van der Waals surface area contributed by atoms with Crippen molar-refractivity contribution in [1.29, 1.82) is 0 Å². The summed E-state index contributed by atoms with van der Waals surface area (Å²) in [6, 6.07) is 0. The first-order valence-electron chi connectivity index (χ1n) is 3.98. The highest BCUT2D eigenvalue weighted by Gasteiger charge is 2.18. The third-order valence-corrected chi connectivity index (χ3v) is 2.20. The van der Waals surface area contributed by atoms with Crippen LogP contribution in [-0.2, 0) is 0 Å². The van der Waals surface area contributed by atoms with Crippen LogP contribution in [0.1, 0.15) is 54.9 Å². The Hall–Kier alpha value is 0. The summed E-state index contributed by atoms with van der Waals surface area (Å²) in [6.07, 6.45) is 2.68. The average molecular weight is 144 g/mol. The molecule has 0 fully saturated rings. The molecule has 0 heterocycles. The third-order valence-electron chi connectivity index (χ3n) is 2.20. The van der Waals surface area contributed by atoms with E-state index in [0.29, 0.717) is 5.41 Å². The second kappa shape index (κ2) is 4.76. The highest BCUT2D eigenvalue weighted by Crippen LogP contribution is 2.28. The quantitative estimate of drug-likeness (QED) is 0.547. The molecule has 0 aromatic carbocycles. The van der Waals surface area contributed by atoms with Crippen LogP contribution >= 0.6 is 0 Å². The second-order valence-corrected chi connectivity index (χ2v) is 4.06. The first-order chi connectivity index (χ1) is 3.98. The molecular formula is C10H24. The summed E-state index contributed by atoms with van der Waals surface area (Å²) >= 11 is 0. The minimum Gasteiger partial charge on any atom is -0.0776 e. The van der Waals surface area contributed by atoms with E-state index in [2.05, 4.69) is 34.6 Å². The van der Waals surface area contributed by atoms with E-state index in [1.165, 1.54) is 12.8 Å². The van der Waals surface area contributed by atoms with Crippen LogP contribution in [0.15, 0.2) is 0 Å². The fraction of sp³-hybridized carbons (Fsp3) is 1.00. The summed E-state index contributed by atoms with van der Waals surface area (Å²) in [5.41, 5.74) is 0.510. The molecule has 1 atom stereocenters. The zero-order valence-electron chi connectivity index (χ0n) is 7.49. The summed E-state index contributed by atoms with van der Waals surface area (Å²) in [5.74, 6) is 0.863. The van der Waals surface area contributed by atoms with E-state index in [0.717, 1.165) is 5.92 Å². The van der Waals surface area contributed by atoms with Crippen LogP contribution in [0.2, 0.25) is 0 Å². The Bertz CT molecular complexity index is 66.6. The second-order valence-electron chi connectivity index (χ2n) is 4.06. The molecule has 0 aliphatic rings. The highest BCUT2D eigenvalue weighted by atomic mass is 14.2. The van der Waals surface area contributed by atoms with Crippen LogP contribution < -0.4 is 0 Å². The van der Waals surface area contributed by atoms with Gasteiger partial charge in [0, 0.05) is 0 Å². The SMILES string of the molecule is C.CCCC(C)C(C)(C)C. The van der Waals surface area contributed by atoms with Crippen LogP contribution in [-0.4, -0.2) is 0 Å². The van der Waals surface area contributed by atoms with Crippen LogP contribution in [0.5, 0.6) is 0 Å². The topological polar surface area (TPSA) is 0 Å². The molecular weight excluding hydrogens is 120 g/mol. The summed E-state index contributed by atoms with van der Waals surface area (Å²) < 4.78 is 0. The Morgan fingerprint density at radius 2 is 1.60 bits per heavy atom. The van der Waals surface area contributed by atoms with E-state index < -0.39 is 0 Å². The van der Waals surface area contributed by atoms with E-state index in [-0.39, 0.29) is 7.43 Å². The molecule has 0 bridgehead atoms. The van der Waals surface area contributed by atoms with Crippen molar-refractivity contribution in [2.24, 2.45) is 11.3 Å². The maximum atomic E-state index is 2.34. The molecule has 0 N–H and O–H groups in total. The van der Waals surface area contributed by atoms with Gasteiger partial charge in [0.1, 0.15) is 0 Å². The Morgan fingerprint density at radius 1 is 1.20 bits per heavy atom. The van der Waals surface area contributed by atoms with E-state index >= 15 is 0 Å². The van der Waals surface area contributed by atoms with Crippen molar-refractivity contribution in [3.63, 3.8) is 0 Å². The first kappa shape index (κ1) is 12.7. The van der Waals surface area contributed by atoms with Gasteiger partial charge in [-0.05, 0) is 11.3 Å². The Labute approximate surface area is 67.0 Å². The van der Waals surface area contributed by atoms with Gasteiger partial charge in [0.25, 0.3) is 0 Å². The third kappa shape index (κ3) is 4.84. The number of hydrogen-bond donors (Lipinski definition) is 0. The van der Waals surface area contributed by atoms with E-state index in [1.807, 2.05) is 0 Å². The number of hydrogen-bond acceptors (Lipinski definition) is 0. The lowest BCUT2D eigenvalue weighted by atomic mass is 9.80. The van der Waals surface area contributed by atoms with Gasteiger partial charge < -0.3 is 0 Å². The minimum absolute atomic E-state index is 0. The standard InChI is InChI=1S/C9H20.CH4/c1-6-7-8(2)9(3,4)5;/h8H,6-7H2,1-5H3;1H4. The lowest BCUT2D eigenvalue weighted by molar-refractivity contribution is 0.245. The van der Waals surface area contributed by atoms with Crippen molar-refractivity contribution < 1.29 is 0 Å². The molecule has 0 aromatic rings. The number of rotatable bonds is 2. The summed E-state index contributed by atoms with van der Waals surface area (Å²) in [6.45, 7) is 11.5. The zero-order valence-corrected chi connectivity index (χ0v) is 7.49. The van der Waals surface area contributed by atoms with E-state index in [1.54, 1.807) is 0 Å². The molecule has 10 heavy (non-hydrogen) atoms. The van der Waals surface area contributed by atoms with Gasteiger partial charge in [0.15, 0.2) is 0 Å². The lowest BCUT2D eigenvalue weighted by Gasteiger charge is -2.26. The van der Waals surface area contributed by atoms with Gasteiger partial charge in [-0.25, -0.2) is 0 Å². The fourth-order valence-electron chi connectivity index (χ4n) is 0.866. The van der Waals surface area contributed by atoms with Gasteiger partial charge in [-0.2, -0.15) is 0 Å². The molecule has 0 aliphatic heterocycles. The molecule has 0 rings (SSSR count). The predicted octanol–water partition coefficient (Wildman–Crippen LogP) is 4.10. The van der Waals surface area contributed by atoms with Crippen molar-refractivity contribution in [2.45, 2.75) is 54.9 Å². The Kier molecular flexibility index (Phi) is 6.02. The maximum absolute atomic E-state index is 2.34. The molecule has 0 amide bonds. The Balaban J connectivity index is 0. The first-order valence-corrected chi connectivity index (χ1v) is 3.98. The lowest BCUT2D eigenvalue weighted by Crippen LogP contribution is -2.16. The van der Waals surface area contributed by atoms with Crippen LogP contribution in [0.25, 0.3) is 0 Å². The van der Waals surface area contributed by atoms with Crippen LogP contribution in [0.4, 0.5) is 0 Å². The normalized spacial score (nSPS) is 14.1. The van der Waals surface area contributed by atoms with Gasteiger partial charge in [-0.1, -0.05) is 54.9 Å². The van der Waals surface area contributed by atoms with E-state index in [4.69, 9.17) is 0 Å². The smallest absolute Gasteiger partial charge is 0.0357 e. The van der Waals surface area contributed by atoms with Crippen LogP contribution in [0.3, 0.4) is 0 Å². The molecule has 0 spiro atoms. The van der Waals surface area contributed by atoms with Gasteiger partial charge in [0.05, 0.1) is 0 Å². The molecule has 64 valence electrons.